The van der Waals surface area contributed by atoms with E-state index < -0.39 is 0 Å². The van der Waals surface area contributed by atoms with Gasteiger partial charge >= 0.3 is 0 Å². The highest BCUT2D eigenvalue weighted by Gasteiger charge is 1.99. The van der Waals surface area contributed by atoms with Crippen LogP contribution in [0.25, 0.3) is 0 Å². The molecule has 0 heterocycles. The van der Waals surface area contributed by atoms with Crippen molar-refractivity contribution in [3.05, 3.63) is 29.3 Å². The normalized spacial score (nSPS) is 10.9. The van der Waals surface area contributed by atoms with Crippen LogP contribution in [0.2, 0.25) is 0 Å². The van der Waals surface area contributed by atoms with Gasteiger partial charge in [-0.05, 0) is 44.1 Å². The van der Waals surface area contributed by atoms with Gasteiger partial charge in [-0.1, -0.05) is 65.7 Å². The number of unbranched alkanes of at least 4 members (excludes halogenated alkanes) is 6. The minimum atomic E-state index is 1.17. The number of alkyl halides is 1. The topological polar surface area (TPSA) is 0 Å². The van der Waals surface area contributed by atoms with Crippen LogP contribution in [0.1, 0.15) is 56.1 Å². The minimum absolute atomic E-state index is 1.17. The van der Waals surface area contributed by atoms with Gasteiger partial charge in [-0.25, -0.2) is 0 Å². The fraction of sp³-hybridized carbons (Fsp3) is 0.647. The first kappa shape index (κ1) is 17.1. The van der Waals surface area contributed by atoms with E-state index >= 15 is 0 Å². The van der Waals surface area contributed by atoms with Gasteiger partial charge in [-0.2, -0.15) is 0 Å². The Balaban J connectivity index is 2.03. The van der Waals surface area contributed by atoms with Crippen molar-refractivity contribution in [2.45, 2.75) is 63.7 Å². The first-order chi connectivity index (χ1) is 9.24. The number of aryl methyl sites for hydroxylation is 2. The zero-order valence-corrected chi connectivity index (χ0v) is 14.8. The SMILES string of the molecule is Cc1ccc(C)c(SCCCCCCCCCBr)c1. The summed E-state index contributed by atoms with van der Waals surface area (Å²) in [6.07, 6.45) is 9.72. The number of benzene rings is 1. The summed E-state index contributed by atoms with van der Waals surface area (Å²) in [4.78, 5) is 1.47. The third kappa shape index (κ3) is 8.04. The molecule has 1 aromatic rings. The predicted molar refractivity (Wildman–Crippen MR) is 92.8 cm³/mol. The molecule has 1 aromatic carbocycles. The molecule has 0 aliphatic carbocycles. The van der Waals surface area contributed by atoms with E-state index in [2.05, 4.69) is 48.0 Å². The molecule has 0 amide bonds. The molecular formula is C17H27BrS. The van der Waals surface area contributed by atoms with E-state index in [1.165, 1.54) is 72.1 Å². The van der Waals surface area contributed by atoms with Crippen molar-refractivity contribution in [3.8, 4) is 0 Å². The highest BCUT2D eigenvalue weighted by molar-refractivity contribution is 9.09. The lowest BCUT2D eigenvalue weighted by molar-refractivity contribution is 0.606. The van der Waals surface area contributed by atoms with Gasteiger partial charge in [-0.3, -0.25) is 0 Å². The van der Waals surface area contributed by atoms with Crippen molar-refractivity contribution in [2.24, 2.45) is 0 Å². The van der Waals surface area contributed by atoms with Crippen LogP contribution in [0.4, 0.5) is 0 Å². The van der Waals surface area contributed by atoms with Gasteiger partial charge in [0.05, 0.1) is 0 Å². The van der Waals surface area contributed by atoms with Crippen LogP contribution in [-0.4, -0.2) is 11.1 Å². The first-order valence-corrected chi connectivity index (χ1v) is 9.61. The Morgan fingerprint density at radius 3 is 2.21 bits per heavy atom. The van der Waals surface area contributed by atoms with Gasteiger partial charge in [0, 0.05) is 10.2 Å². The van der Waals surface area contributed by atoms with E-state index in [1.54, 1.807) is 0 Å². The van der Waals surface area contributed by atoms with Gasteiger partial charge < -0.3 is 0 Å². The average molecular weight is 343 g/mol. The van der Waals surface area contributed by atoms with Crippen LogP contribution in [0.3, 0.4) is 0 Å². The molecule has 0 saturated carbocycles. The molecule has 0 nitrogen and oxygen atoms in total. The Kier molecular flexibility index (Phi) is 9.71. The number of rotatable bonds is 10. The Morgan fingerprint density at radius 2 is 1.53 bits per heavy atom. The Bertz CT molecular complexity index is 349. The lowest BCUT2D eigenvalue weighted by Gasteiger charge is -2.06. The second kappa shape index (κ2) is 10.8. The molecule has 108 valence electrons. The van der Waals surface area contributed by atoms with Crippen molar-refractivity contribution in [1.29, 1.82) is 0 Å². The molecule has 2 heteroatoms. The van der Waals surface area contributed by atoms with Crippen molar-refractivity contribution >= 4 is 27.7 Å². The fourth-order valence-corrected chi connectivity index (χ4v) is 3.66. The van der Waals surface area contributed by atoms with Crippen LogP contribution in [0, 0.1) is 13.8 Å². The third-order valence-corrected chi connectivity index (χ3v) is 5.18. The molecule has 0 spiro atoms. The van der Waals surface area contributed by atoms with Crippen LogP contribution < -0.4 is 0 Å². The molecule has 0 unspecified atom stereocenters. The zero-order valence-electron chi connectivity index (χ0n) is 12.4. The Hall–Kier alpha value is 0.0500. The van der Waals surface area contributed by atoms with Crippen LogP contribution in [0.15, 0.2) is 23.1 Å². The Morgan fingerprint density at radius 1 is 0.895 bits per heavy atom. The molecule has 0 fully saturated rings. The number of halogens is 1. The standard InChI is InChI=1S/C17H27BrS/c1-15-10-11-16(2)17(14-15)19-13-9-7-5-3-4-6-8-12-18/h10-11,14H,3-9,12-13H2,1-2H3. The van der Waals surface area contributed by atoms with E-state index in [0.29, 0.717) is 0 Å². The van der Waals surface area contributed by atoms with Crippen LogP contribution >= 0.6 is 27.7 Å². The summed E-state index contributed by atoms with van der Waals surface area (Å²) in [5, 5.41) is 1.17. The highest BCUT2D eigenvalue weighted by Crippen LogP contribution is 2.24. The summed E-state index contributed by atoms with van der Waals surface area (Å²) in [6, 6.07) is 6.76. The summed E-state index contributed by atoms with van der Waals surface area (Å²) in [7, 11) is 0. The Labute approximate surface area is 131 Å². The van der Waals surface area contributed by atoms with Gasteiger partial charge in [-0.15, -0.1) is 11.8 Å². The van der Waals surface area contributed by atoms with Crippen molar-refractivity contribution in [3.63, 3.8) is 0 Å². The minimum Gasteiger partial charge on any atom is -0.126 e. The zero-order chi connectivity index (χ0) is 13.9. The number of hydrogen-bond donors (Lipinski definition) is 0. The van der Waals surface area contributed by atoms with E-state index in [9.17, 15) is 0 Å². The molecule has 1 rings (SSSR count). The molecule has 0 radical (unpaired) electrons. The largest absolute Gasteiger partial charge is 0.126 e. The molecule has 0 bridgehead atoms. The monoisotopic (exact) mass is 342 g/mol. The smallest absolute Gasteiger partial charge is 0.0104 e. The van der Waals surface area contributed by atoms with E-state index in [0.717, 1.165) is 0 Å². The summed E-state index contributed by atoms with van der Waals surface area (Å²) >= 11 is 5.51. The van der Waals surface area contributed by atoms with Crippen LogP contribution in [-0.2, 0) is 0 Å². The quantitative estimate of drug-likeness (QED) is 0.265. The highest BCUT2D eigenvalue weighted by atomic mass is 79.9. The summed E-state index contributed by atoms with van der Waals surface area (Å²) in [5.74, 6) is 1.27. The fourth-order valence-electron chi connectivity index (χ4n) is 2.13. The summed E-state index contributed by atoms with van der Waals surface area (Å²) < 4.78 is 0. The van der Waals surface area contributed by atoms with Gasteiger partial charge in [0.15, 0.2) is 0 Å². The molecular weight excluding hydrogens is 316 g/mol. The molecule has 0 aromatic heterocycles. The maximum Gasteiger partial charge on any atom is 0.0104 e. The van der Waals surface area contributed by atoms with Crippen molar-refractivity contribution in [1.82, 2.24) is 0 Å². The predicted octanol–water partition coefficient (Wildman–Crippen LogP) is 6.52. The molecule has 0 aliphatic rings. The number of hydrogen-bond acceptors (Lipinski definition) is 1. The molecule has 0 atom stereocenters. The second-order valence-corrected chi connectivity index (χ2v) is 7.21. The maximum atomic E-state index is 3.48. The van der Waals surface area contributed by atoms with E-state index in [1.807, 2.05) is 11.8 Å². The van der Waals surface area contributed by atoms with E-state index in [4.69, 9.17) is 0 Å². The lowest BCUT2D eigenvalue weighted by Crippen LogP contribution is -1.86. The van der Waals surface area contributed by atoms with Gasteiger partial charge in [0.25, 0.3) is 0 Å². The first-order valence-electron chi connectivity index (χ1n) is 7.50. The lowest BCUT2D eigenvalue weighted by atomic mass is 10.1. The summed E-state index contributed by atoms with van der Waals surface area (Å²) in [5.41, 5.74) is 2.80. The van der Waals surface area contributed by atoms with Gasteiger partial charge in [0.1, 0.15) is 0 Å². The van der Waals surface area contributed by atoms with Crippen LogP contribution in [0.5, 0.6) is 0 Å². The molecule has 0 saturated heterocycles. The second-order valence-electron chi connectivity index (χ2n) is 5.28. The van der Waals surface area contributed by atoms with Crippen molar-refractivity contribution < 1.29 is 0 Å². The van der Waals surface area contributed by atoms with E-state index in [-0.39, 0.29) is 0 Å². The van der Waals surface area contributed by atoms with Crippen molar-refractivity contribution in [2.75, 3.05) is 11.1 Å². The summed E-state index contributed by atoms with van der Waals surface area (Å²) in [6.45, 7) is 4.39. The molecule has 0 aliphatic heterocycles. The molecule has 19 heavy (non-hydrogen) atoms. The van der Waals surface area contributed by atoms with Gasteiger partial charge in [0.2, 0.25) is 0 Å². The average Bonchev–Trinajstić information content (AvgIpc) is 2.40. The molecule has 0 N–H and O–H groups in total. The number of thioether (sulfide) groups is 1. The third-order valence-electron chi connectivity index (χ3n) is 3.38. The maximum absolute atomic E-state index is 3.48.